The Morgan fingerprint density at radius 3 is 2.41 bits per heavy atom. The van der Waals surface area contributed by atoms with E-state index < -0.39 is 50.4 Å². The van der Waals surface area contributed by atoms with Gasteiger partial charge in [0.1, 0.15) is 11.6 Å². The fraction of sp³-hybridized carbons (Fsp3) is 0.533. The normalized spacial score (nSPS) is 23.4. The number of aliphatic imine (C=N–C) groups is 1. The summed E-state index contributed by atoms with van der Waals surface area (Å²) < 4.78 is 67.6. The second kappa shape index (κ2) is 12.3. The third-order valence-corrected chi connectivity index (χ3v) is 11.4. The molecule has 14 heteroatoms. The molecule has 3 heterocycles. The number of benzene rings is 1. The molecule has 3 aliphatic rings. The van der Waals surface area contributed by atoms with Gasteiger partial charge in [-0.3, -0.25) is 9.79 Å². The molecule has 44 heavy (non-hydrogen) atoms. The van der Waals surface area contributed by atoms with Crippen molar-refractivity contribution in [1.82, 2.24) is 14.6 Å². The number of hydrogen-bond donors (Lipinski definition) is 1. The maximum Gasteiger partial charge on any atom is 0.338 e. The lowest BCUT2D eigenvalue weighted by Crippen LogP contribution is -2.50. The predicted octanol–water partition coefficient (Wildman–Crippen LogP) is 4.41. The van der Waals surface area contributed by atoms with Crippen molar-refractivity contribution in [1.29, 1.82) is 0 Å². The molecular weight excluding hydrogens is 614 g/mol. The number of nitrogens with one attached hydrogen (secondary N) is 1. The van der Waals surface area contributed by atoms with Crippen LogP contribution in [0, 0.1) is 30.4 Å². The Morgan fingerprint density at radius 1 is 1.14 bits per heavy atom. The molecule has 0 spiro atoms. The molecule has 1 saturated carbocycles. The first kappa shape index (κ1) is 32.2. The van der Waals surface area contributed by atoms with Crippen LogP contribution in [0.2, 0.25) is 0 Å². The van der Waals surface area contributed by atoms with Crippen molar-refractivity contribution in [2.45, 2.75) is 70.3 Å². The SMILES string of the molecule is COC(=O)C1=C(C2CCN(S(=O)(=O)[C@H]3C[C@@H](C(=O)OC(C)(C)C)C3)CC2)NC(c2nccs2)=NC1c1ccc(F)c(F)c1C. The molecule has 1 aliphatic carbocycles. The number of sulfonamides is 1. The number of aromatic nitrogens is 1. The number of amidine groups is 1. The van der Waals surface area contributed by atoms with Gasteiger partial charge in [0, 0.05) is 36.3 Å². The Morgan fingerprint density at radius 2 is 1.82 bits per heavy atom. The lowest BCUT2D eigenvalue weighted by atomic mass is 9.85. The molecule has 1 aromatic heterocycles. The maximum absolute atomic E-state index is 14.7. The van der Waals surface area contributed by atoms with E-state index in [1.54, 1.807) is 32.3 Å². The van der Waals surface area contributed by atoms with E-state index in [1.807, 2.05) is 0 Å². The number of thiazole rings is 1. The topological polar surface area (TPSA) is 127 Å². The number of esters is 2. The fourth-order valence-corrected chi connectivity index (χ4v) is 8.54. The lowest BCUT2D eigenvalue weighted by Gasteiger charge is -2.40. The Hall–Kier alpha value is -3.23. The molecular formula is C30H36F2N4O6S2. The van der Waals surface area contributed by atoms with Crippen LogP contribution in [0.25, 0.3) is 0 Å². The lowest BCUT2D eigenvalue weighted by molar-refractivity contribution is -0.162. The Balaban J connectivity index is 1.39. The van der Waals surface area contributed by atoms with Crippen molar-refractivity contribution in [3.8, 4) is 0 Å². The van der Waals surface area contributed by atoms with Crippen molar-refractivity contribution in [3.05, 3.63) is 62.7 Å². The summed E-state index contributed by atoms with van der Waals surface area (Å²) in [5.74, 6) is -3.45. The van der Waals surface area contributed by atoms with Gasteiger partial charge in [-0.2, -0.15) is 0 Å². The van der Waals surface area contributed by atoms with E-state index in [0.717, 1.165) is 6.07 Å². The molecule has 0 amide bonds. The first-order chi connectivity index (χ1) is 20.7. The zero-order valence-electron chi connectivity index (χ0n) is 25.2. The highest BCUT2D eigenvalue weighted by atomic mass is 32.2. The monoisotopic (exact) mass is 650 g/mol. The maximum atomic E-state index is 14.7. The van der Waals surface area contributed by atoms with Crippen molar-refractivity contribution in [2.75, 3.05) is 20.2 Å². The van der Waals surface area contributed by atoms with E-state index in [-0.39, 0.29) is 49.0 Å². The van der Waals surface area contributed by atoms with Gasteiger partial charge in [0.05, 0.1) is 23.9 Å². The average Bonchev–Trinajstić information content (AvgIpc) is 3.48. The molecule has 5 rings (SSSR count). The molecule has 2 aromatic rings. The van der Waals surface area contributed by atoms with E-state index in [1.165, 1.54) is 35.7 Å². The summed E-state index contributed by atoms with van der Waals surface area (Å²) in [5.41, 5.74) is 0.340. The molecule has 2 fully saturated rings. The fourth-order valence-electron chi connectivity index (χ4n) is 5.86. The molecule has 0 radical (unpaired) electrons. The highest BCUT2D eigenvalue weighted by molar-refractivity contribution is 7.89. The Labute approximate surface area is 259 Å². The van der Waals surface area contributed by atoms with Gasteiger partial charge in [0.2, 0.25) is 10.0 Å². The zero-order chi connectivity index (χ0) is 32.0. The van der Waals surface area contributed by atoms with Crippen molar-refractivity contribution in [3.63, 3.8) is 0 Å². The summed E-state index contributed by atoms with van der Waals surface area (Å²) in [7, 11) is -2.41. The van der Waals surface area contributed by atoms with E-state index in [4.69, 9.17) is 14.5 Å². The molecule has 1 saturated heterocycles. The summed E-state index contributed by atoms with van der Waals surface area (Å²) in [6, 6.07) is 1.41. The van der Waals surface area contributed by atoms with Crippen LogP contribution in [-0.2, 0) is 29.1 Å². The number of ether oxygens (including phenoxy) is 2. The standard InChI is InChI=1S/C30H36F2N4O6S2/c1-16-20(6-7-21(31)23(16)32)25-22(29(38)41-5)24(34-26(35-25)27-33-10-13-43-27)17-8-11-36(12-9-17)44(39,40)19-14-18(15-19)28(37)42-30(2,3)4/h6-7,10,13,17-19,25H,8-9,11-12,14-15H2,1-5H3,(H,34,35)/t18-,19+,25?. The molecule has 1 unspecified atom stereocenters. The van der Waals surface area contributed by atoms with Crippen LogP contribution in [0.1, 0.15) is 68.6 Å². The van der Waals surface area contributed by atoms with Gasteiger partial charge < -0.3 is 14.8 Å². The number of carbonyl (C=O) groups excluding carboxylic acids is 2. The van der Waals surface area contributed by atoms with Crippen LogP contribution in [-0.4, -0.2) is 66.5 Å². The molecule has 238 valence electrons. The predicted molar refractivity (Wildman–Crippen MR) is 160 cm³/mol. The van der Waals surface area contributed by atoms with Crippen LogP contribution in [0.4, 0.5) is 8.78 Å². The highest BCUT2D eigenvalue weighted by Gasteiger charge is 2.47. The van der Waals surface area contributed by atoms with Crippen LogP contribution >= 0.6 is 11.3 Å². The van der Waals surface area contributed by atoms with Crippen LogP contribution in [0.5, 0.6) is 0 Å². The minimum absolute atomic E-state index is 0.0194. The number of rotatable bonds is 7. The van der Waals surface area contributed by atoms with Gasteiger partial charge in [0.15, 0.2) is 22.5 Å². The molecule has 1 atom stereocenters. The summed E-state index contributed by atoms with van der Waals surface area (Å²) in [6.07, 6.45) is 2.83. The van der Waals surface area contributed by atoms with Gasteiger partial charge in [-0.15, -0.1) is 11.3 Å². The minimum atomic E-state index is -3.65. The summed E-state index contributed by atoms with van der Waals surface area (Å²) >= 11 is 1.32. The van der Waals surface area contributed by atoms with Gasteiger partial charge in [-0.1, -0.05) is 6.07 Å². The molecule has 0 bridgehead atoms. The first-order valence-corrected chi connectivity index (χ1v) is 16.8. The number of allylic oxidation sites excluding steroid dienone is 1. The largest absolute Gasteiger partial charge is 0.466 e. The Kier molecular flexibility index (Phi) is 8.98. The van der Waals surface area contributed by atoms with Crippen molar-refractivity contribution in [2.24, 2.45) is 16.8 Å². The number of methoxy groups -OCH3 is 1. The third-order valence-electron chi connectivity index (χ3n) is 8.27. The van der Waals surface area contributed by atoms with Crippen LogP contribution in [0.15, 0.2) is 40.0 Å². The average molecular weight is 651 g/mol. The zero-order valence-corrected chi connectivity index (χ0v) is 26.9. The molecule has 10 nitrogen and oxygen atoms in total. The molecule has 2 aliphatic heterocycles. The smallest absolute Gasteiger partial charge is 0.338 e. The third kappa shape index (κ3) is 6.29. The number of halogens is 2. The van der Waals surface area contributed by atoms with Crippen molar-refractivity contribution >= 4 is 39.1 Å². The van der Waals surface area contributed by atoms with Gasteiger partial charge in [-0.25, -0.2) is 31.3 Å². The van der Waals surface area contributed by atoms with Crippen LogP contribution in [0.3, 0.4) is 0 Å². The van der Waals surface area contributed by atoms with Crippen LogP contribution < -0.4 is 5.32 Å². The summed E-state index contributed by atoms with van der Waals surface area (Å²) in [5, 5.41) is 4.92. The van der Waals surface area contributed by atoms with E-state index >= 15 is 0 Å². The number of piperidine rings is 1. The second-order valence-electron chi connectivity index (χ2n) is 12.3. The highest BCUT2D eigenvalue weighted by Crippen LogP contribution is 2.41. The van der Waals surface area contributed by atoms with Crippen molar-refractivity contribution < 1.29 is 36.3 Å². The molecule has 1 aromatic carbocycles. The number of carbonyl (C=O) groups is 2. The quantitative estimate of drug-likeness (QED) is 0.437. The minimum Gasteiger partial charge on any atom is -0.466 e. The number of hydrogen-bond acceptors (Lipinski definition) is 10. The van der Waals surface area contributed by atoms with Gasteiger partial charge in [-0.05, 0) is 70.6 Å². The second-order valence-corrected chi connectivity index (χ2v) is 15.4. The van der Waals surface area contributed by atoms with E-state index in [2.05, 4.69) is 10.3 Å². The number of nitrogens with zero attached hydrogens (tertiary/aromatic N) is 3. The summed E-state index contributed by atoms with van der Waals surface area (Å²) in [6.45, 7) is 7.17. The van der Waals surface area contributed by atoms with Gasteiger partial charge >= 0.3 is 11.9 Å². The van der Waals surface area contributed by atoms with E-state index in [9.17, 15) is 26.8 Å². The van der Waals surface area contributed by atoms with Gasteiger partial charge in [0.25, 0.3) is 0 Å². The van der Waals surface area contributed by atoms with E-state index in [0.29, 0.717) is 34.9 Å². The summed E-state index contributed by atoms with van der Waals surface area (Å²) in [4.78, 5) is 34.7. The Bertz CT molecular complexity index is 1600. The first-order valence-electron chi connectivity index (χ1n) is 14.4. The molecule has 1 N–H and O–H groups in total.